The fourth-order valence-electron chi connectivity index (χ4n) is 4.62. The molecule has 0 spiro atoms. The van der Waals surface area contributed by atoms with Crippen LogP contribution in [-0.2, 0) is 0 Å². The van der Waals surface area contributed by atoms with Crippen LogP contribution >= 0.6 is 23.2 Å². The maximum atomic E-state index is 11.8. The van der Waals surface area contributed by atoms with Gasteiger partial charge in [0.15, 0.2) is 0 Å². The highest BCUT2D eigenvalue weighted by atomic mass is 35.5. The van der Waals surface area contributed by atoms with Gasteiger partial charge in [0.05, 0.1) is 15.7 Å². The Bertz CT molecular complexity index is 683. The normalized spacial score (nSPS) is 24.2. The molecule has 7 heteroatoms. The molecule has 3 rings (SSSR count). The molecule has 2 fully saturated rings. The van der Waals surface area contributed by atoms with Crippen LogP contribution in [0.15, 0.2) is 18.2 Å². The number of rotatable bonds is 5. The van der Waals surface area contributed by atoms with Crippen molar-refractivity contribution in [3.8, 4) is 0 Å². The lowest BCUT2D eigenvalue weighted by Gasteiger charge is -2.41. The summed E-state index contributed by atoms with van der Waals surface area (Å²) >= 11 is 12.6. The number of hydrogen-bond donors (Lipinski definition) is 1. The maximum absolute atomic E-state index is 11.8. The van der Waals surface area contributed by atoms with Crippen LogP contribution in [0.5, 0.6) is 0 Å². The van der Waals surface area contributed by atoms with Crippen molar-refractivity contribution in [2.45, 2.75) is 51.1 Å². The molecule has 162 valence electrons. The zero-order valence-corrected chi connectivity index (χ0v) is 19.3. The van der Waals surface area contributed by atoms with Crippen molar-refractivity contribution in [3.05, 3.63) is 28.2 Å². The largest absolute Gasteiger partial charge is 0.368 e. The summed E-state index contributed by atoms with van der Waals surface area (Å²) < 4.78 is 0. The van der Waals surface area contributed by atoms with Crippen LogP contribution in [0.4, 0.5) is 10.5 Å². The van der Waals surface area contributed by atoms with Crippen LogP contribution in [-0.4, -0.2) is 68.2 Å². The maximum Gasteiger partial charge on any atom is 0.317 e. The van der Waals surface area contributed by atoms with E-state index in [4.69, 9.17) is 23.2 Å². The quantitative estimate of drug-likeness (QED) is 0.719. The van der Waals surface area contributed by atoms with Gasteiger partial charge in [-0.15, -0.1) is 0 Å². The highest BCUT2D eigenvalue weighted by Crippen LogP contribution is 2.34. The fourth-order valence-corrected chi connectivity index (χ4v) is 5.03. The summed E-state index contributed by atoms with van der Waals surface area (Å²) in [4.78, 5) is 18.4. The summed E-state index contributed by atoms with van der Waals surface area (Å²) in [5.74, 6) is 0.762. The Balaban J connectivity index is 1.42. The van der Waals surface area contributed by atoms with Crippen molar-refractivity contribution in [2.24, 2.45) is 5.92 Å². The van der Waals surface area contributed by atoms with Gasteiger partial charge in [0.2, 0.25) is 0 Å². The van der Waals surface area contributed by atoms with Crippen LogP contribution in [0.3, 0.4) is 0 Å². The molecule has 0 aromatic heterocycles. The predicted octanol–water partition coefficient (Wildman–Crippen LogP) is 4.72. The number of piperazine rings is 1. The Morgan fingerprint density at radius 1 is 1.14 bits per heavy atom. The number of carbonyl (C=O) groups is 1. The Hall–Kier alpha value is -1.17. The molecule has 1 aromatic carbocycles. The third-order valence-corrected chi connectivity index (χ3v) is 7.27. The first-order valence-electron chi connectivity index (χ1n) is 10.8. The summed E-state index contributed by atoms with van der Waals surface area (Å²) in [6.45, 7) is 6.43. The fraction of sp³-hybridized carbons (Fsp3) is 0.682. The summed E-state index contributed by atoms with van der Waals surface area (Å²) in [6.07, 6.45) is 5.85. The van der Waals surface area contributed by atoms with Crippen LogP contribution in [0.25, 0.3) is 0 Å². The molecule has 29 heavy (non-hydrogen) atoms. The lowest BCUT2D eigenvalue weighted by Crippen LogP contribution is -2.50. The number of nitrogens with one attached hydrogen (secondary N) is 1. The van der Waals surface area contributed by atoms with Crippen molar-refractivity contribution in [1.29, 1.82) is 0 Å². The monoisotopic (exact) mass is 440 g/mol. The molecule has 0 bridgehead atoms. The van der Waals surface area contributed by atoms with Gasteiger partial charge < -0.3 is 15.1 Å². The Kier molecular flexibility index (Phi) is 7.94. The molecule has 1 aromatic rings. The summed E-state index contributed by atoms with van der Waals surface area (Å²) in [7, 11) is 3.59. The zero-order chi connectivity index (χ0) is 21.0. The first-order chi connectivity index (χ1) is 13.8. The second-order valence-electron chi connectivity index (χ2n) is 8.74. The number of nitrogens with zero attached hydrogens (tertiary/aromatic N) is 3. The molecule has 2 aliphatic rings. The average Bonchev–Trinajstić information content (AvgIpc) is 2.71. The third kappa shape index (κ3) is 5.93. The second kappa shape index (κ2) is 10.2. The van der Waals surface area contributed by atoms with E-state index in [1.165, 1.54) is 19.3 Å². The average molecular weight is 441 g/mol. The molecular formula is C22H34Cl2N4O. The van der Waals surface area contributed by atoms with Gasteiger partial charge in [0.25, 0.3) is 0 Å². The molecule has 2 amide bonds. The van der Waals surface area contributed by atoms with Crippen LogP contribution < -0.4 is 10.2 Å². The van der Waals surface area contributed by atoms with E-state index in [0.717, 1.165) is 50.6 Å². The van der Waals surface area contributed by atoms with Crippen molar-refractivity contribution >= 4 is 34.9 Å². The summed E-state index contributed by atoms with van der Waals surface area (Å²) in [6, 6.07) is 6.81. The van der Waals surface area contributed by atoms with Gasteiger partial charge in [-0.3, -0.25) is 4.90 Å². The van der Waals surface area contributed by atoms with Crippen molar-refractivity contribution in [1.82, 2.24) is 15.1 Å². The van der Waals surface area contributed by atoms with Crippen molar-refractivity contribution < 1.29 is 4.79 Å². The number of urea groups is 1. The van der Waals surface area contributed by atoms with Gasteiger partial charge >= 0.3 is 6.03 Å². The standard InChI is InChI=1S/C22H34Cl2N4O/c1-16(15-17-7-9-18(10-8-17)25-22(29)26(2)3)27-11-13-28(14-12-27)20-6-4-5-19(23)21(20)24/h4-6,16-18H,7-15H2,1-3H3,(H,25,29)/t16?,17-,18-. The Morgan fingerprint density at radius 2 is 1.79 bits per heavy atom. The molecule has 1 aliphatic carbocycles. The Labute approximate surface area is 185 Å². The second-order valence-corrected chi connectivity index (χ2v) is 9.53. The van der Waals surface area contributed by atoms with E-state index in [2.05, 4.69) is 28.1 Å². The van der Waals surface area contributed by atoms with E-state index in [1.807, 2.05) is 12.1 Å². The number of anilines is 1. The van der Waals surface area contributed by atoms with Crippen LogP contribution in [0, 0.1) is 5.92 Å². The predicted molar refractivity (Wildman–Crippen MR) is 122 cm³/mol. The Morgan fingerprint density at radius 3 is 2.41 bits per heavy atom. The van der Waals surface area contributed by atoms with E-state index < -0.39 is 0 Å². The SMILES string of the molecule is CC(C[C@H]1CC[C@H](NC(=O)N(C)C)CC1)N1CCN(c2cccc(Cl)c2Cl)CC1. The number of hydrogen-bond acceptors (Lipinski definition) is 3. The van der Waals surface area contributed by atoms with Crippen LogP contribution in [0.1, 0.15) is 39.0 Å². The molecule has 1 saturated carbocycles. The van der Waals surface area contributed by atoms with E-state index in [0.29, 0.717) is 22.1 Å². The van der Waals surface area contributed by atoms with Gasteiger partial charge in [0.1, 0.15) is 0 Å². The topological polar surface area (TPSA) is 38.8 Å². The van der Waals surface area contributed by atoms with Gasteiger partial charge in [-0.05, 0) is 57.1 Å². The minimum atomic E-state index is 0.0273. The molecular weight excluding hydrogens is 407 g/mol. The van der Waals surface area contributed by atoms with Gasteiger partial charge in [-0.1, -0.05) is 29.3 Å². The van der Waals surface area contributed by atoms with Gasteiger partial charge in [-0.25, -0.2) is 4.79 Å². The lowest BCUT2D eigenvalue weighted by molar-refractivity contribution is 0.153. The number of carbonyl (C=O) groups excluding carboxylic acids is 1. The molecule has 1 aliphatic heterocycles. The molecule has 0 radical (unpaired) electrons. The zero-order valence-electron chi connectivity index (χ0n) is 17.8. The number of halogens is 2. The molecule has 1 N–H and O–H groups in total. The highest BCUT2D eigenvalue weighted by Gasteiger charge is 2.28. The molecule has 1 saturated heterocycles. The van der Waals surface area contributed by atoms with E-state index >= 15 is 0 Å². The minimum Gasteiger partial charge on any atom is -0.368 e. The summed E-state index contributed by atoms with van der Waals surface area (Å²) in [5.41, 5.74) is 1.05. The number of benzene rings is 1. The smallest absolute Gasteiger partial charge is 0.317 e. The molecule has 5 nitrogen and oxygen atoms in total. The first kappa shape index (κ1) is 22.5. The van der Waals surface area contributed by atoms with Gasteiger partial charge in [0, 0.05) is 52.4 Å². The molecule has 1 heterocycles. The van der Waals surface area contributed by atoms with E-state index in [9.17, 15) is 4.79 Å². The number of amides is 2. The molecule has 1 atom stereocenters. The van der Waals surface area contributed by atoms with Crippen LogP contribution in [0.2, 0.25) is 10.0 Å². The van der Waals surface area contributed by atoms with E-state index in [-0.39, 0.29) is 6.03 Å². The first-order valence-corrected chi connectivity index (χ1v) is 11.5. The van der Waals surface area contributed by atoms with E-state index in [1.54, 1.807) is 19.0 Å². The van der Waals surface area contributed by atoms with Crippen molar-refractivity contribution in [3.63, 3.8) is 0 Å². The van der Waals surface area contributed by atoms with Gasteiger partial charge in [-0.2, -0.15) is 0 Å². The lowest BCUT2D eigenvalue weighted by atomic mass is 9.82. The molecule has 1 unspecified atom stereocenters. The van der Waals surface area contributed by atoms with Crippen molar-refractivity contribution in [2.75, 3.05) is 45.2 Å². The minimum absolute atomic E-state index is 0.0273. The summed E-state index contributed by atoms with van der Waals surface area (Å²) in [5, 5.41) is 4.42. The third-order valence-electron chi connectivity index (χ3n) is 6.46. The highest BCUT2D eigenvalue weighted by molar-refractivity contribution is 6.43.